The molecule has 0 spiro atoms. The molecular weight excluding hydrogens is 411 g/mol. The summed E-state index contributed by atoms with van der Waals surface area (Å²) in [5.74, 6) is -1.27. The van der Waals surface area contributed by atoms with Gasteiger partial charge in [0, 0.05) is 10.6 Å². The number of fused-ring (bicyclic) bond motifs is 1. The molecule has 2 aromatic rings. The molecule has 0 aromatic heterocycles. The van der Waals surface area contributed by atoms with Crippen molar-refractivity contribution in [1.29, 1.82) is 0 Å². The second-order valence-electron chi connectivity index (χ2n) is 7.34. The lowest BCUT2D eigenvalue weighted by Crippen LogP contribution is -2.30. The molecule has 1 saturated heterocycles. The molecule has 5 nitrogen and oxygen atoms in total. The highest BCUT2D eigenvalue weighted by Gasteiger charge is 2.48. The summed E-state index contributed by atoms with van der Waals surface area (Å²) in [6.45, 7) is 1.98. The summed E-state index contributed by atoms with van der Waals surface area (Å²) < 4.78 is 0. The quantitative estimate of drug-likeness (QED) is 0.546. The van der Waals surface area contributed by atoms with E-state index in [0.717, 1.165) is 5.57 Å². The predicted molar refractivity (Wildman–Crippen MR) is 113 cm³/mol. The first kappa shape index (κ1) is 19.7. The third-order valence-electron chi connectivity index (χ3n) is 5.39. The van der Waals surface area contributed by atoms with E-state index < -0.39 is 0 Å². The Kier molecular flexibility index (Phi) is 5.19. The summed E-state index contributed by atoms with van der Waals surface area (Å²) in [6, 6.07) is 11.2. The van der Waals surface area contributed by atoms with Crippen molar-refractivity contribution < 1.29 is 14.4 Å². The molecule has 1 N–H and O–H groups in total. The van der Waals surface area contributed by atoms with Gasteiger partial charge in [-0.05, 0) is 62.2 Å². The van der Waals surface area contributed by atoms with Gasteiger partial charge < -0.3 is 5.32 Å². The summed E-state index contributed by atoms with van der Waals surface area (Å²) in [5, 5.41) is 3.53. The number of carbonyl (C=O) groups is 3. The molecule has 4 rings (SSSR count). The van der Waals surface area contributed by atoms with Crippen LogP contribution in [0.15, 0.2) is 54.1 Å². The number of allylic oxidation sites excluding steroid dienone is 2. The standard InChI is InChI=1S/C22H18Cl2N2O3/c1-12-2-8-16-17(10-12)22(29)26(21(16)28)15-6-3-13(4-7-15)20(27)25-19-9-5-14(23)11-18(19)24/h2-7,9,11,16-17H,8,10H2,1H3,(H,25,27)/t16-,17-/m0/s1. The van der Waals surface area contributed by atoms with Gasteiger partial charge in [0.2, 0.25) is 11.8 Å². The SMILES string of the molecule is CC1=CC[C@@H]2C(=O)N(c3ccc(C(=O)Nc4ccc(Cl)cc4Cl)cc3)C(=O)[C@H]2C1. The molecule has 1 heterocycles. The zero-order valence-corrected chi connectivity index (χ0v) is 17.1. The Hall–Kier alpha value is -2.63. The van der Waals surface area contributed by atoms with Crippen molar-refractivity contribution in [3.63, 3.8) is 0 Å². The minimum absolute atomic E-state index is 0.169. The number of anilines is 2. The number of rotatable bonds is 3. The second kappa shape index (κ2) is 7.65. The van der Waals surface area contributed by atoms with Crippen molar-refractivity contribution in [3.05, 3.63) is 69.7 Å². The summed E-state index contributed by atoms with van der Waals surface area (Å²) in [7, 11) is 0. The van der Waals surface area contributed by atoms with Crippen molar-refractivity contribution >= 4 is 52.3 Å². The predicted octanol–water partition coefficient (Wildman–Crippen LogP) is 5.09. The van der Waals surface area contributed by atoms with Crippen LogP contribution in [0.25, 0.3) is 0 Å². The number of carbonyl (C=O) groups excluding carboxylic acids is 3. The average Bonchev–Trinajstić information content (AvgIpc) is 2.94. The van der Waals surface area contributed by atoms with Crippen LogP contribution < -0.4 is 10.2 Å². The first-order valence-electron chi connectivity index (χ1n) is 9.25. The summed E-state index contributed by atoms with van der Waals surface area (Å²) in [5.41, 5.74) is 2.45. The molecule has 148 valence electrons. The van der Waals surface area contributed by atoms with E-state index in [1.165, 1.54) is 4.90 Å². The van der Waals surface area contributed by atoms with Crippen LogP contribution in [0.1, 0.15) is 30.1 Å². The van der Waals surface area contributed by atoms with Crippen molar-refractivity contribution in [1.82, 2.24) is 0 Å². The zero-order valence-electron chi connectivity index (χ0n) is 15.6. The highest BCUT2D eigenvalue weighted by Crippen LogP contribution is 2.39. The molecule has 29 heavy (non-hydrogen) atoms. The molecule has 7 heteroatoms. The Morgan fingerprint density at radius 2 is 1.72 bits per heavy atom. The molecule has 2 atom stereocenters. The lowest BCUT2D eigenvalue weighted by molar-refractivity contribution is -0.122. The molecular formula is C22H18Cl2N2O3. The summed E-state index contributed by atoms with van der Waals surface area (Å²) in [4.78, 5) is 39.3. The highest BCUT2D eigenvalue weighted by molar-refractivity contribution is 6.36. The number of halogens is 2. The molecule has 1 aliphatic heterocycles. The molecule has 0 radical (unpaired) electrons. The van der Waals surface area contributed by atoms with E-state index in [4.69, 9.17) is 23.2 Å². The number of nitrogens with one attached hydrogen (secondary N) is 1. The molecule has 0 bridgehead atoms. The lowest BCUT2D eigenvalue weighted by Gasteiger charge is -2.18. The maximum absolute atomic E-state index is 12.8. The number of nitrogens with zero attached hydrogens (tertiary/aromatic N) is 1. The van der Waals surface area contributed by atoms with Crippen LogP contribution in [0.3, 0.4) is 0 Å². The molecule has 0 saturated carbocycles. The highest BCUT2D eigenvalue weighted by atomic mass is 35.5. The van der Waals surface area contributed by atoms with Gasteiger partial charge in [0.25, 0.3) is 5.91 Å². The van der Waals surface area contributed by atoms with Gasteiger partial charge in [-0.3, -0.25) is 19.3 Å². The van der Waals surface area contributed by atoms with E-state index in [0.29, 0.717) is 39.8 Å². The Bertz CT molecular complexity index is 1050. The fraction of sp³-hybridized carbons (Fsp3) is 0.227. The number of hydrogen-bond acceptors (Lipinski definition) is 3. The topological polar surface area (TPSA) is 66.5 Å². The summed E-state index contributed by atoms with van der Waals surface area (Å²) >= 11 is 12.0. The fourth-order valence-electron chi connectivity index (χ4n) is 3.84. The molecule has 2 aliphatic rings. The van der Waals surface area contributed by atoms with Crippen LogP contribution in [0.5, 0.6) is 0 Å². The molecule has 3 amide bonds. The van der Waals surface area contributed by atoms with Crippen molar-refractivity contribution in [2.24, 2.45) is 11.8 Å². The molecule has 1 fully saturated rings. The van der Waals surface area contributed by atoms with Gasteiger partial charge in [0.1, 0.15) is 0 Å². The third-order valence-corrected chi connectivity index (χ3v) is 5.94. The number of benzene rings is 2. The zero-order chi connectivity index (χ0) is 20.7. The van der Waals surface area contributed by atoms with Gasteiger partial charge in [0.05, 0.1) is 28.2 Å². The monoisotopic (exact) mass is 428 g/mol. The Morgan fingerprint density at radius 1 is 1.03 bits per heavy atom. The first-order chi connectivity index (χ1) is 13.8. The van der Waals surface area contributed by atoms with Crippen LogP contribution in [0.4, 0.5) is 11.4 Å². The largest absolute Gasteiger partial charge is 0.321 e. The van der Waals surface area contributed by atoms with Crippen molar-refractivity contribution in [2.75, 3.05) is 10.2 Å². The van der Waals surface area contributed by atoms with Gasteiger partial charge in [0.15, 0.2) is 0 Å². The smallest absolute Gasteiger partial charge is 0.255 e. The Labute approximate surface area is 178 Å². The van der Waals surface area contributed by atoms with Crippen molar-refractivity contribution in [3.8, 4) is 0 Å². The number of imide groups is 1. The molecule has 0 unspecified atom stereocenters. The van der Waals surface area contributed by atoms with E-state index in [1.54, 1.807) is 42.5 Å². The Morgan fingerprint density at radius 3 is 2.41 bits per heavy atom. The van der Waals surface area contributed by atoms with Crippen LogP contribution in [0.2, 0.25) is 10.0 Å². The maximum Gasteiger partial charge on any atom is 0.255 e. The van der Waals surface area contributed by atoms with E-state index >= 15 is 0 Å². The van der Waals surface area contributed by atoms with E-state index in [9.17, 15) is 14.4 Å². The maximum atomic E-state index is 12.8. The van der Waals surface area contributed by atoms with Gasteiger partial charge in [-0.1, -0.05) is 34.9 Å². The van der Waals surface area contributed by atoms with Crippen LogP contribution in [-0.4, -0.2) is 17.7 Å². The molecule has 1 aliphatic carbocycles. The average molecular weight is 429 g/mol. The Balaban J connectivity index is 1.51. The van der Waals surface area contributed by atoms with Gasteiger partial charge in [-0.15, -0.1) is 0 Å². The lowest BCUT2D eigenvalue weighted by atomic mass is 9.82. The van der Waals surface area contributed by atoms with Crippen LogP contribution in [-0.2, 0) is 9.59 Å². The van der Waals surface area contributed by atoms with Gasteiger partial charge in [-0.25, -0.2) is 0 Å². The minimum Gasteiger partial charge on any atom is -0.321 e. The van der Waals surface area contributed by atoms with E-state index in [1.807, 2.05) is 13.0 Å². The summed E-state index contributed by atoms with van der Waals surface area (Å²) in [6.07, 6.45) is 3.25. The van der Waals surface area contributed by atoms with E-state index in [2.05, 4.69) is 5.32 Å². The fourth-order valence-corrected chi connectivity index (χ4v) is 4.29. The second-order valence-corrected chi connectivity index (χ2v) is 8.18. The number of hydrogen-bond donors (Lipinski definition) is 1. The van der Waals surface area contributed by atoms with E-state index in [-0.39, 0.29) is 29.6 Å². The van der Waals surface area contributed by atoms with Gasteiger partial charge in [-0.2, -0.15) is 0 Å². The first-order valence-corrected chi connectivity index (χ1v) is 10.0. The van der Waals surface area contributed by atoms with Crippen LogP contribution >= 0.6 is 23.2 Å². The minimum atomic E-state index is -0.353. The normalized spacial score (nSPS) is 21.1. The third kappa shape index (κ3) is 3.68. The number of amides is 3. The van der Waals surface area contributed by atoms with Gasteiger partial charge >= 0.3 is 0 Å². The molecule has 2 aromatic carbocycles. The van der Waals surface area contributed by atoms with Crippen LogP contribution in [0, 0.1) is 11.8 Å². The van der Waals surface area contributed by atoms with Crippen molar-refractivity contribution in [2.45, 2.75) is 19.8 Å².